The van der Waals surface area contributed by atoms with Crippen LogP contribution in [0.1, 0.15) is 13.8 Å². The van der Waals surface area contributed by atoms with Crippen molar-refractivity contribution in [2.24, 2.45) is 11.3 Å². The number of benzene rings is 1. The molecular weight excluding hydrogens is 268 g/mol. The number of ether oxygens (including phenoxy) is 1. The predicted octanol–water partition coefficient (Wildman–Crippen LogP) is 1.42. The van der Waals surface area contributed by atoms with Crippen LogP contribution in [0, 0.1) is 11.3 Å². The first-order chi connectivity index (χ1) is 10.1. The van der Waals surface area contributed by atoms with E-state index in [0.29, 0.717) is 13.2 Å². The summed E-state index contributed by atoms with van der Waals surface area (Å²) in [6.07, 6.45) is 3.14. The molecule has 1 aliphatic rings. The van der Waals surface area contributed by atoms with Crippen molar-refractivity contribution in [3.63, 3.8) is 0 Å². The molecule has 110 valence electrons. The van der Waals surface area contributed by atoms with Crippen molar-refractivity contribution in [3.05, 3.63) is 36.9 Å². The highest BCUT2D eigenvalue weighted by Gasteiger charge is 2.42. The molecule has 0 bridgehead atoms. The van der Waals surface area contributed by atoms with E-state index in [1.54, 1.807) is 11.0 Å². The summed E-state index contributed by atoms with van der Waals surface area (Å²) in [4.78, 5) is 15.6. The summed E-state index contributed by atoms with van der Waals surface area (Å²) < 4.78 is 7.50. The van der Waals surface area contributed by atoms with Gasteiger partial charge in [-0.15, -0.1) is 0 Å². The molecule has 1 saturated heterocycles. The molecule has 0 aliphatic carbocycles. The van der Waals surface area contributed by atoms with Gasteiger partial charge in [0.1, 0.15) is 18.4 Å². The van der Waals surface area contributed by atoms with Crippen LogP contribution in [-0.4, -0.2) is 33.8 Å². The second-order valence-electron chi connectivity index (χ2n) is 5.77. The molecule has 1 aliphatic heterocycles. The van der Waals surface area contributed by atoms with Gasteiger partial charge in [-0.1, -0.05) is 13.8 Å². The van der Waals surface area contributed by atoms with Crippen LogP contribution < -0.4 is 10.1 Å². The normalized spacial score (nSPS) is 20.3. The van der Waals surface area contributed by atoms with Crippen molar-refractivity contribution >= 4 is 5.91 Å². The molecular formula is C15H18N4O2. The van der Waals surface area contributed by atoms with Crippen molar-refractivity contribution in [3.8, 4) is 11.4 Å². The number of hydrogen-bond acceptors (Lipinski definition) is 4. The zero-order valence-corrected chi connectivity index (χ0v) is 12.1. The molecule has 1 unspecified atom stereocenters. The topological polar surface area (TPSA) is 69.0 Å². The van der Waals surface area contributed by atoms with Gasteiger partial charge in [0.25, 0.3) is 0 Å². The molecule has 6 nitrogen and oxygen atoms in total. The van der Waals surface area contributed by atoms with Gasteiger partial charge < -0.3 is 10.1 Å². The van der Waals surface area contributed by atoms with Gasteiger partial charge in [0.05, 0.1) is 17.7 Å². The molecule has 0 spiro atoms. The Morgan fingerprint density at radius 3 is 2.71 bits per heavy atom. The zero-order valence-electron chi connectivity index (χ0n) is 12.1. The van der Waals surface area contributed by atoms with Crippen LogP contribution in [0.5, 0.6) is 5.75 Å². The molecule has 1 atom stereocenters. The van der Waals surface area contributed by atoms with Crippen molar-refractivity contribution in [2.45, 2.75) is 13.8 Å². The number of nitrogens with one attached hydrogen (secondary N) is 1. The van der Waals surface area contributed by atoms with Crippen LogP contribution in [0.15, 0.2) is 36.9 Å². The van der Waals surface area contributed by atoms with Gasteiger partial charge >= 0.3 is 0 Å². The molecule has 1 aromatic carbocycles. The molecule has 0 saturated carbocycles. The smallest absolute Gasteiger partial charge is 0.226 e. The Morgan fingerprint density at radius 1 is 1.38 bits per heavy atom. The van der Waals surface area contributed by atoms with Crippen LogP contribution in [0.25, 0.3) is 5.69 Å². The van der Waals surface area contributed by atoms with Crippen LogP contribution in [0.3, 0.4) is 0 Å². The molecule has 3 rings (SSSR count). The minimum absolute atomic E-state index is 0.0950. The molecule has 21 heavy (non-hydrogen) atoms. The van der Waals surface area contributed by atoms with Gasteiger partial charge in [-0.2, -0.15) is 5.10 Å². The van der Waals surface area contributed by atoms with E-state index in [-0.39, 0.29) is 17.2 Å². The van der Waals surface area contributed by atoms with Gasteiger partial charge in [0.2, 0.25) is 5.91 Å². The third kappa shape index (κ3) is 2.61. The van der Waals surface area contributed by atoms with Crippen molar-refractivity contribution in [1.82, 2.24) is 20.1 Å². The Kier molecular flexibility index (Phi) is 3.37. The largest absolute Gasteiger partial charge is 0.493 e. The Balaban J connectivity index is 1.63. The molecule has 6 heteroatoms. The third-order valence-electron chi connectivity index (χ3n) is 4.09. The fourth-order valence-corrected chi connectivity index (χ4v) is 2.38. The van der Waals surface area contributed by atoms with Gasteiger partial charge in [0, 0.05) is 12.5 Å². The maximum Gasteiger partial charge on any atom is 0.226 e. The Bertz CT molecular complexity index is 620. The van der Waals surface area contributed by atoms with Crippen molar-refractivity contribution in [2.75, 3.05) is 13.2 Å². The van der Waals surface area contributed by atoms with E-state index in [2.05, 4.69) is 15.4 Å². The Labute approximate surface area is 123 Å². The van der Waals surface area contributed by atoms with Crippen molar-refractivity contribution < 1.29 is 9.53 Å². The number of hydrogen-bond donors (Lipinski definition) is 1. The number of carbonyl (C=O) groups is 1. The highest BCUT2D eigenvalue weighted by atomic mass is 16.5. The maximum absolute atomic E-state index is 11.7. The summed E-state index contributed by atoms with van der Waals surface area (Å²) in [5, 5.41) is 6.96. The second-order valence-corrected chi connectivity index (χ2v) is 5.77. The van der Waals surface area contributed by atoms with Gasteiger partial charge in [-0.05, 0) is 24.3 Å². The van der Waals surface area contributed by atoms with Crippen LogP contribution >= 0.6 is 0 Å². The van der Waals surface area contributed by atoms with Gasteiger partial charge in [0.15, 0.2) is 0 Å². The minimum Gasteiger partial charge on any atom is -0.493 e. The second kappa shape index (κ2) is 5.20. The van der Waals surface area contributed by atoms with E-state index in [9.17, 15) is 4.79 Å². The van der Waals surface area contributed by atoms with Crippen LogP contribution in [0.4, 0.5) is 0 Å². The highest BCUT2D eigenvalue weighted by molar-refractivity contribution is 5.84. The lowest BCUT2D eigenvalue weighted by atomic mass is 9.82. The number of aromatic nitrogens is 3. The molecule has 1 N–H and O–H groups in total. The fourth-order valence-electron chi connectivity index (χ4n) is 2.38. The zero-order chi connectivity index (χ0) is 14.9. The third-order valence-corrected chi connectivity index (χ3v) is 4.09. The highest BCUT2D eigenvalue weighted by Crippen LogP contribution is 2.31. The van der Waals surface area contributed by atoms with E-state index < -0.39 is 0 Å². The minimum atomic E-state index is -0.374. The average molecular weight is 286 g/mol. The summed E-state index contributed by atoms with van der Waals surface area (Å²) in [6, 6.07) is 7.64. The lowest BCUT2D eigenvalue weighted by Crippen LogP contribution is -2.31. The van der Waals surface area contributed by atoms with E-state index in [1.165, 1.54) is 6.33 Å². The van der Waals surface area contributed by atoms with Crippen LogP contribution in [-0.2, 0) is 4.79 Å². The van der Waals surface area contributed by atoms with Gasteiger partial charge in [-0.25, -0.2) is 9.67 Å². The van der Waals surface area contributed by atoms with E-state index in [1.807, 2.05) is 38.1 Å². The summed E-state index contributed by atoms with van der Waals surface area (Å²) in [7, 11) is 0. The first-order valence-electron chi connectivity index (χ1n) is 6.93. The molecule has 2 heterocycles. The SMILES string of the molecule is CC1(C)C(=O)NCC1COc1ccc(-n2cncn2)cc1. The first-order valence-corrected chi connectivity index (χ1v) is 6.93. The van der Waals surface area contributed by atoms with E-state index in [0.717, 1.165) is 11.4 Å². The summed E-state index contributed by atoms with van der Waals surface area (Å²) in [5.74, 6) is 1.06. The van der Waals surface area contributed by atoms with Crippen molar-refractivity contribution in [1.29, 1.82) is 0 Å². The molecule has 0 radical (unpaired) electrons. The quantitative estimate of drug-likeness (QED) is 0.923. The number of amides is 1. The predicted molar refractivity (Wildman–Crippen MR) is 77.1 cm³/mol. The lowest BCUT2D eigenvalue weighted by molar-refractivity contribution is -0.127. The molecule has 1 fully saturated rings. The van der Waals surface area contributed by atoms with E-state index in [4.69, 9.17) is 4.74 Å². The maximum atomic E-state index is 11.7. The van der Waals surface area contributed by atoms with Gasteiger partial charge in [-0.3, -0.25) is 4.79 Å². The molecule has 1 aromatic heterocycles. The van der Waals surface area contributed by atoms with Crippen LogP contribution in [0.2, 0.25) is 0 Å². The molecule has 1 amide bonds. The lowest BCUT2D eigenvalue weighted by Gasteiger charge is -2.23. The number of rotatable bonds is 4. The Morgan fingerprint density at radius 2 is 2.14 bits per heavy atom. The average Bonchev–Trinajstić information content (AvgIpc) is 3.08. The fraction of sp³-hybridized carbons (Fsp3) is 0.400. The summed E-state index contributed by atoms with van der Waals surface area (Å²) >= 11 is 0. The van der Waals surface area contributed by atoms with E-state index >= 15 is 0 Å². The summed E-state index contributed by atoms with van der Waals surface area (Å²) in [6.45, 7) is 5.10. The first kappa shape index (κ1) is 13.6. The summed E-state index contributed by atoms with van der Waals surface area (Å²) in [5.41, 5.74) is 0.554. The number of nitrogens with zero attached hydrogens (tertiary/aromatic N) is 3. The molecule has 2 aromatic rings. The standard InChI is InChI=1S/C15H18N4O2/c1-15(2)11(7-17-14(15)20)8-21-13-5-3-12(4-6-13)19-10-16-9-18-19/h3-6,9-11H,7-8H2,1-2H3,(H,17,20). The number of carbonyl (C=O) groups excluding carboxylic acids is 1. The Hall–Kier alpha value is -2.37. The monoisotopic (exact) mass is 286 g/mol.